The summed E-state index contributed by atoms with van der Waals surface area (Å²) >= 11 is 0. The number of nitrogen functional groups attached to an aromatic ring is 1. The first-order chi connectivity index (χ1) is 15.9. The van der Waals surface area contributed by atoms with E-state index in [1.807, 2.05) is 4.72 Å². The molecule has 0 bridgehead atoms. The maximum Gasteiger partial charge on any atom is 0.321 e. The molecule has 0 heterocycles. The number of carbonyl (C=O) groups excluding carboxylic acids is 1. The Kier molecular flexibility index (Phi) is 8.64. The van der Waals surface area contributed by atoms with Crippen molar-refractivity contribution in [1.29, 1.82) is 5.41 Å². The van der Waals surface area contributed by atoms with Crippen molar-refractivity contribution < 1.29 is 32.8 Å². The van der Waals surface area contributed by atoms with E-state index >= 15 is 0 Å². The molecule has 0 saturated carbocycles. The molecule has 0 aliphatic heterocycles. The first kappa shape index (κ1) is 26.2. The van der Waals surface area contributed by atoms with Crippen molar-refractivity contribution in [3.63, 3.8) is 0 Å². The minimum atomic E-state index is -4.56. The zero-order valence-electron chi connectivity index (χ0n) is 18.0. The molecule has 0 unspecified atom stereocenters. The van der Waals surface area contributed by atoms with Crippen LogP contribution in [0.3, 0.4) is 0 Å². The summed E-state index contributed by atoms with van der Waals surface area (Å²) in [5.41, 5.74) is 4.67. The van der Waals surface area contributed by atoms with E-state index in [1.54, 1.807) is 24.3 Å². The lowest BCUT2D eigenvalue weighted by Crippen LogP contribution is -2.38. The molecule has 182 valence electrons. The summed E-state index contributed by atoms with van der Waals surface area (Å²) in [7, 11) is -4.56. The number of para-hydroxylation sites is 1. The number of nitrogens with zero attached hydrogens (tertiary/aromatic N) is 1. The Morgan fingerprint density at radius 2 is 1.88 bits per heavy atom. The zero-order valence-corrected chi connectivity index (χ0v) is 18.8. The van der Waals surface area contributed by atoms with Crippen molar-refractivity contribution in [2.75, 3.05) is 11.9 Å². The van der Waals surface area contributed by atoms with E-state index in [0.717, 1.165) is 13.0 Å². The minimum absolute atomic E-state index is 0.0754. The van der Waals surface area contributed by atoms with E-state index in [-0.39, 0.29) is 31.0 Å². The number of nitrogens with two attached hydrogens (primary N) is 1. The zero-order chi connectivity index (χ0) is 25.5. The highest BCUT2D eigenvalue weighted by molar-refractivity contribution is 7.89. The van der Waals surface area contributed by atoms with Gasteiger partial charge in [-0.25, -0.2) is 8.42 Å². The molecule has 0 aliphatic carbocycles. The Labute approximate surface area is 194 Å². The van der Waals surface area contributed by atoms with Crippen LogP contribution in [0.2, 0.25) is 0 Å². The van der Waals surface area contributed by atoms with Gasteiger partial charge in [0.1, 0.15) is 23.3 Å². The van der Waals surface area contributed by atoms with Gasteiger partial charge in [0, 0.05) is 12.0 Å². The number of carboxylic acids is 1. The van der Waals surface area contributed by atoms with Gasteiger partial charge in [0.15, 0.2) is 4.90 Å². The van der Waals surface area contributed by atoms with E-state index in [0.29, 0.717) is 11.3 Å². The summed E-state index contributed by atoms with van der Waals surface area (Å²) in [6.07, 6.45) is 0.178. The fourth-order valence-corrected chi connectivity index (χ4v) is 4.13. The Morgan fingerprint density at radius 3 is 2.44 bits per heavy atom. The third kappa shape index (κ3) is 6.98. The van der Waals surface area contributed by atoms with Crippen LogP contribution in [0.15, 0.2) is 47.4 Å². The number of carbonyl (C=O) groups is 2. The second-order valence-electron chi connectivity index (χ2n) is 7.03. The molecule has 2 aromatic rings. The quantitative estimate of drug-likeness (QED) is 0.0948. The van der Waals surface area contributed by atoms with Crippen molar-refractivity contribution in [3.8, 4) is 5.75 Å². The van der Waals surface area contributed by atoms with Gasteiger partial charge < -0.3 is 20.9 Å². The highest BCUT2D eigenvalue weighted by atomic mass is 32.2. The minimum Gasteiger partial charge on any atom is -0.494 e. The number of rotatable bonds is 12. The highest BCUT2D eigenvalue weighted by Crippen LogP contribution is 2.32. The van der Waals surface area contributed by atoms with Crippen molar-refractivity contribution in [1.82, 2.24) is 4.72 Å². The average molecular weight is 493 g/mol. The van der Waals surface area contributed by atoms with Crippen molar-refractivity contribution in [2.24, 2.45) is 5.73 Å². The fraction of sp³-hybridized carbons (Fsp3) is 0.250. The van der Waals surface area contributed by atoms with Gasteiger partial charge in [-0.15, -0.1) is 0 Å². The van der Waals surface area contributed by atoms with E-state index in [4.69, 9.17) is 21.0 Å². The number of anilines is 1. The third-order valence-electron chi connectivity index (χ3n) is 4.43. The number of amidine groups is 1. The molecule has 0 fully saturated rings. The van der Waals surface area contributed by atoms with Gasteiger partial charge in [-0.3, -0.25) is 25.1 Å². The molecule has 0 saturated heterocycles. The highest BCUT2D eigenvalue weighted by Gasteiger charge is 2.31. The summed E-state index contributed by atoms with van der Waals surface area (Å²) in [5, 5.41) is 30.1. The van der Waals surface area contributed by atoms with Crippen molar-refractivity contribution >= 4 is 39.1 Å². The first-order valence-electron chi connectivity index (χ1n) is 9.82. The molecule has 0 aliphatic rings. The molecule has 0 aromatic heterocycles. The van der Waals surface area contributed by atoms with Crippen LogP contribution in [-0.2, 0) is 19.6 Å². The fourth-order valence-electron chi connectivity index (χ4n) is 2.74. The second-order valence-corrected chi connectivity index (χ2v) is 8.71. The number of ether oxygens (including phenoxy) is 1. The largest absolute Gasteiger partial charge is 0.494 e. The Bertz CT molecular complexity index is 1200. The lowest BCUT2D eigenvalue weighted by atomic mass is 10.2. The molecule has 1 amide bonds. The smallest absolute Gasteiger partial charge is 0.321 e. The standard InChI is InChI=1S/C20H23N5O8S/c1-12(20(27)28)24-34(31,32)16-5-2-4-15(18(16)25(29)30)23-17(26)6-3-11-33-14-9-7-13(8-10-14)19(21)22/h2,4-5,7-10,12,24H,3,6,11H2,1H3,(H3,21,22)(H,23,26)(H,27,28)/t12-/m0/s1. The molecule has 2 rings (SSSR count). The van der Waals surface area contributed by atoms with Crippen LogP contribution in [0.5, 0.6) is 5.75 Å². The average Bonchev–Trinajstić information content (AvgIpc) is 2.76. The van der Waals surface area contributed by atoms with Crippen LogP contribution >= 0.6 is 0 Å². The van der Waals surface area contributed by atoms with Gasteiger partial charge in [0.2, 0.25) is 15.9 Å². The molecule has 14 heteroatoms. The van der Waals surface area contributed by atoms with E-state index in [1.165, 1.54) is 12.1 Å². The predicted molar refractivity (Wildman–Crippen MR) is 121 cm³/mol. The molecular weight excluding hydrogens is 470 g/mol. The number of nitro benzene ring substituents is 1. The summed E-state index contributed by atoms with van der Waals surface area (Å²) in [6.45, 7) is 1.22. The van der Waals surface area contributed by atoms with E-state index < -0.39 is 43.4 Å². The number of amides is 1. The third-order valence-corrected chi connectivity index (χ3v) is 6.00. The molecule has 0 spiro atoms. The lowest BCUT2D eigenvalue weighted by Gasteiger charge is -2.13. The van der Waals surface area contributed by atoms with E-state index in [2.05, 4.69) is 5.32 Å². The number of carboxylic acid groups (broad SMARTS) is 1. The number of hydrogen-bond acceptors (Lipinski definition) is 8. The maximum absolute atomic E-state index is 12.5. The SMILES string of the molecule is C[C@H](NS(=O)(=O)c1cccc(NC(=O)CCCOc2ccc(C(=N)N)cc2)c1[N+](=O)[O-])C(=O)O. The summed E-state index contributed by atoms with van der Waals surface area (Å²) in [6, 6.07) is 8.22. The molecule has 0 radical (unpaired) electrons. The molecule has 34 heavy (non-hydrogen) atoms. The molecule has 2 aromatic carbocycles. The van der Waals surface area contributed by atoms with Gasteiger partial charge in [-0.1, -0.05) is 6.07 Å². The van der Waals surface area contributed by atoms with Crippen LogP contribution in [-0.4, -0.2) is 48.8 Å². The second kappa shape index (κ2) is 11.2. The van der Waals surface area contributed by atoms with Crippen LogP contribution in [0.25, 0.3) is 0 Å². The number of aliphatic carboxylic acids is 1. The molecule has 6 N–H and O–H groups in total. The lowest BCUT2D eigenvalue weighted by molar-refractivity contribution is -0.386. The van der Waals surface area contributed by atoms with Crippen LogP contribution < -0.4 is 20.5 Å². The van der Waals surface area contributed by atoms with E-state index in [9.17, 15) is 28.1 Å². The van der Waals surface area contributed by atoms with Gasteiger partial charge in [-0.2, -0.15) is 4.72 Å². The maximum atomic E-state index is 12.5. The Balaban J connectivity index is 2.04. The van der Waals surface area contributed by atoms with Gasteiger partial charge in [0.25, 0.3) is 0 Å². The van der Waals surface area contributed by atoms with Crippen LogP contribution in [0.1, 0.15) is 25.3 Å². The topological polar surface area (TPSA) is 215 Å². The monoisotopic (exact) mass is 493 g/mol. The van der Waals surface area contributed by atoms with Crippen LogP contribution in [0.4, 0.5) is 11.4 Å². The number of benzene rings is 2. The van der Waals surface area contributed by atoms with Crippen molar-refractivity contribution in [2.45, 2.75) is 30.7 Å². The molecular formula is C20H23N5O8S. The van der Waals surface area contributed by atoms with Gasteiger partial charge in [-0.05, 0) is 49.7 Å². The Hall–Kier alpha value is -4.04. The van der Waals surface area contributed by atoms with Gasteiger partial charge in [0.05, 0.1) is 11.5 Å². The number of nitrogens with one attached hydrogen (secondary N) is 3. The molecule has 13 nitrogen and oxygen atoms in total. The number of nitro groups is 1. The first-order valence-corrected chi connectivity index (χ1v) is 11.3. The van der Waals surface area contributed by atoms with Crippen molar-refractivity contribution in [3.05, 3.63) is 58.1 Å². The summed E-state index contributed by atoms with van der Waals surface area (Å²) in [4.78, 5) is 33.1. The normalized spacial score (nSPS) is 11.9. The van der Waals surface area contributed by atoms with Gasteiger partial charge >= 0.3 is 11.7 Å². The summed E-state index contributed by atoms with van der Waals surface area (Å²) < 4.78 is 32.3. The number of sulfonamides is 1. The predicted octanol–water partition coefficient (Wildman–Crippen LogP) is 1.43. The summed E-state index contributed by atoms with van der Waals surface area (Å²) in [5.74, 6) is -1.66. The molecule has 1 atom stereocenters. The number of hydrogen-bond donors (Lipinski definition) is 5. The Morgan fingerprint density at radius 1 is 1.24 bits per heavy atom. The van der Waals surface area contributed by atoms with Crippen LogP contribution in [0, 0.1) is 15.5 Å².